The van der Waals surface area contributed by atoms with Crippen molar-refractivity contribution in [2.75, 3.05) is 6.61 Å². The molecule has 0 fully saturated rings. The Bertz CT molecular complexity index is 572. The topological polar surface area (TPSA) is 22.1 Å². The summed E-state index contributed by atoms with van der Waals surface area (Å²) in [5.74, 6) is 0.753. The van der Waals surface area contributed by atoms with Crippen LogP contribution in [0.5, 0.6) is 5.88 Å². The van der Waals surface area contributed by atoms with Crippen LogP contribution in [0.2, 0.25) is 24.2 Å². The Morgan fingerprint density at radius 2 is 1.64 bits per heavy atom. The molecule has 2 aromatic rings. The highest BCUT2D eigenvalue weighted by atomic mass is 28.3. The predicted octanol–water partition coefficient (Wildman–Crippen LogP) is 5.90. The van der Waals surface area contributed by atoms with Gasteiger partial charge in [-0.3, -0.25) is 0 Å². The number of hydrogen-bond donors (Lipinski definition) is 0. The van der Waals surface area contributed by atoms with Crippen molar-refractivity contribution in [1.29, 1.82) is 0 Å². The normalized spacial score (nSPS) is 11.8. The van der Waals surface area contributed by atoms with Gasteiger partial charge >= 0.3 is 0 Å². The number of rotatable bonds is 9. The number of ether oxygens (including phenoxy) is 1. The van der Waals surface area contributed by atoms with E-state index in [0.29, 0.717) is 0 Å². The van der Waals surface area contributed by atoms with Crippen LogP contribution in [0.4, 0.5) is 0 Å². The van der Waals surface area contributed by atoms with Gasteiger partial charge in [-0.15, -0.1) is 0 Å². The van der Waals surface area contributed by atoms with E-state index in [1.807, 2.05) is 24.3 Å². The van der Waals surface area contributed by atoms with Gasteiger partial charge in [0, 0.05) is 11.5 Å². The van der Waals surface area contributed by atoms with Gasteiger partial charge in [-0.25, -0.2) is 4.98 Å². The van der Waals surface area contributed by atoms with Gasteiger partial charge in [-0.05, 0) is 18.6 Å². The molecule has 0 N–H and O–H groups in total. The lowest BCUT2D eigenvalue weighted by atomic mass is 10.2. The summed E-state index contributed by atoms with van der Waals surface area (Å²) in [6.07, 6.45) is 2.44. The molecule has 22 heavy (non-hydrogen) atoms. The van der Waals surface area contributed by atoms with Crippen LogP contribution in [-0.2, 0) is 0 Å². The van der Waals surface area contributed by atoms with E-state index >= 15 is 0 Å². The molecule has 0 saturated carbocycles. The molecular formula is C19H29NOSi. The zero-order valence-corrected chi connectivity index (χ0v) is 15.3. The summed E-state index contributed by atoms with van der Waals surface area (Å²) in [4.78, 5) is 4.56. The largest absolute Gasteiger partial charge is 0.478 e. The Hall–Kier alpha value is -1.35. The number of benzene rings is 1. The molecule has 2 nitrogen and oxygen atoms in total. The standard InChI is InChI=1S/C19H29NOSi/c1-4-22(5-2,6-3)16-10-9-15-21-19-14-13-17-11-7-8-12-18(17)20-19/h7-8,11-14H,4-6,9-10,15-16H2,1-3H3. The predicted molar refractivity (Wildman–Crippen MR) is 98.5 cm³/mol. The van der Waals surface area contributed by atoms with Crippen molar-refractivity contribution >= 4 is 19.0 Å². The number of pyridine rings is 1. The second-order valence-electron chi connectivity index (χ2n) is 6.21. The van der Waals surface area contributed by atoms with E-state index in [0.717, 1.165) is 24.4 Å². The number of hydrogen-bond acceptors (Lipinski definition) is 2. The molecule has 0 unspecified atom stereocenters. The molecule has 120 valence electrons. The average molecular weight is 316 g/mol. The molecule has 0 atom stereocenters. The van der Waals surface area contributed by atoms with Crippen molar-refractivity contribution in [3.05, 3.63) is 36.4 Å². The van der Waals surface area contributed by atoms with Crippen LogP contribution < -0.4 is 4.74 Å². The highest BCUT2D eigenvalue weighted by Crippen LogP contribution is 2.27. The first-order valence-corrected chi connectivity index (χ1v) is 11.5. The minimum Gasteiger partial charge on any atom is -0.478 e. The fourth-order valence-electron chi connectivity index (χ4n) is 3.19. The summed E-state index contributed by atoms with van der Waals surface area (Å²) in [5.41, 5.74) is 1.01. The monoisotopic (exact) mass is 315 g/mol. The molecule has 2 rings (SSSR count). The number of fused-ring (bicyclic) bond motifs is 1. The lowest BCUT2D eigenvalue weighted by Crippen LogP contribution is -2.30. The summed E-state index contributed by atoms with van der Waals surface area (Å²) < 4.78 is 5.83. The third kappa shape index (κ3) is 4.32. The van der Waals surface area contributed by atoms with Crippen molar-refractivity contribution in [3.8, 4) is 5.88 Å². The van der Waals surface area contributed by atoms with E-state index in [9.17, 15) is 0 Å². The van der Waals surface area contributed by atoms with Crippen molar-refractivity contribution in [3.63, 3.8) is 0 Å². The zero-order valence-electron chi connectivity index (χ0n) is 14.3. The van der Waals surface area contributed by atoms with E-state index < -0.39 is 8.07 Å². The summed E-state index contributed by atoms with van der Waals surface area (Å²) in [6, 6.07) is 18.0. The molecule has 0 spiro atoms. The molecule has 0 bridgehead atoms. The lowest BCUT2D eigenvalue weighted by Gasteiger charge is -2.27. The molecule has 0 aliphatic heterocycles. The number of nitrogens with zero attached hydrogens (tertiary/aromatic N) is 1. The third-order valence-corrected chi connectivity index (χ3v) is 11.1. The number of unbranched alkanes of at least 4 members (excludes halogenated alkanes) is 1. The lowest BCUT2D eigenvalue weighted by molar-refractivity contribution is 0.298. The van der Waals surface area contributed by atoms with Gasteiger partial charge in [-0.1, -0.05) is 69.6 Å². The maximum atomic E-state index is 5.83. The second-order valence-corrected chi connectivity index (χ2v) is 11.8. The summed E-state index contributed by atoms with van der Waals surface area (Å²) in [5, 5.41) is 1.17. The summed E-state index contributed by atoms with van der Waals surface area (Å²) >= 11 is 0. The molecule has 3 heteroatoms. The SMILES string of the molecule is CC[Si](CC)(CC)CCCCOc1ccc2ccccc2n1. The first kappa shape index (κ1) is 17.0. The van der Waals surface area contributed by atoms with Crippen LogP contribution in [0, 0.1) is 0 Å². The Kier molecular flexibility index (Phi) is 6.44. The number of aromatic nitrogens is 1. The van der Waals surface area contributed by atoms with E-state index in [1.165, 1.54) is 36.0 Å². The Morgan fingerprint density at radius 3 is 2.36 bits per heavy atom. The zero-order chi connectivity index (χ0) is 15.8. The first-order chi connectivity index (χ1) is 10.7. The third-order valence-electron chi connectivity index (χ3n) is 5.17. The van der Waals surface area contributed by atoms with Gasteiger partial charge in [0.2, 0.25) is 5.88 Å². The van der Waals surface area contributed by atoms with Gasteiger partial charge in [-0.2, -0.15) is 0 Å². The average Bonchev–Trinajstić information content (AvgIpc) is 2.58. The molecule has 0 saturated heterocycles. The van der Waals surface area contributed by atoms with E-state index in [4.69, 9.17) is 4.74 Å². The molecule has 1 aromatic carbocycles. The van der Waals surface area contributed by atoms with E-state index in [-0.39, 0.29) is 0 Å². The fraction of sp³-hybridized carbons (Fsp3) is 0.526. The van der Waals surface area contributed by atoms with Crippen molar-refractivity contribution in [2.45, 2.75) is 57.8 Å². The van der Waals surface area contributed by atoms with Crippen LogP contribution in [0.25, 0.3) is 10.9 Å². The smallest absolute Gasteiger partial charge is 0.213 e. The van der Waals surface area contributed by atoms with Crippen molar-refractivity contribution in [2.24, 2.45) is 0 Å². The first-order valence-electron chi connectivity index (χ1n) is 8.71. The van der Waals surface area contributed by atoms with Gasteiger partial charge < -0.3 is 4.74 Å². The summed E-state index contributed by atoms with van der Waals surface area (Å²) in [6.45, 7) is 7.94. The maximum Gasteiger partial charge on any atom is 0.213 e. The molecular weight excluding hydrogens is 286 g/mol. The van der Waals surface area contributed by atoms with Crippen LogP contribution in [0.1, 0.15) is 33.6 Å². The van der Waals surface area contributed by atoms with Crippen LogP contribution in [0.15, 0.2) is 36.4 Å². The molecule has 0 amide bonds. The highest BCUT2D eigenvalue weighted by molar-refractivity contribution is 6.79. The molecule has 1 aromatic heterocycles. The minimum atomic E-state index is -0.954. The Morgan fingerprint density at radius 1 is 0.909 bits per heavy atom. The summed E-state index contributed by atoms with van der Waals surface area (Å²) in [7, 11) is -0.954. The molecule has 1 heterocycles. The Balaban J connectivity index is 1.78. The van der Waals surface area contributed by atoms with Gasteiger partial charge in [0.15, 0.2) is 0 Å². The van der Waals surface area contributed by atoms with Gasteiger partial charge in [0.25, 0.3) is 0 Å². The van der Waals surface area contributed by atoms with Gasteiger partial charge in [0.1, 0.15) is 0 Å². The fourth-order valence-corrected chi connectivity index (χ4v) is 6.75. The quantitative estimate of drug-likeness (QED) is 0.424. The molecule has 0 aliphatic carbocycles. The number of para-hydroxylation sites is 1. The Labute approximate surface area is 135 Å². The highest BCUT2D eigenvalue weighted by Gasteiger charge is 2.25. The molecule has 0 radical (unpaired) electrons. The minimum absolute atomic E-state index is 0.753. The van der Waals surface area contributed by atoms with E-state index in [1.54, 1.807) is 0 Å². The van der Waals surface area contributed by atoms with Crippen molar-refractivity contribution < 1.29 is 4.74 Å². The molecule has 0 aliphatic rings. The van der Waals surface area contributed by atoms with E-state index in [2.05, 4.69) is 37.9 Å². The van der Waals surface area contributed by atoms with Crippen LogP contribution in [0.3, 0.4) is 0 Å². The van der Waals surface area contributed by atoms with Crippen LogP contribution in [-0.4, -0.2) is 19.7 Å². The van der Waals surface area contributed by atoms with Crippen LogP contribution >= 0.6 is 0 Å². The van der Waals surface area contributed by atoms with Gasteiger partial charge in [0.05, 0.1) is 20.2 Å². The second kappa shape index (κ2) is 8.32. The van der Waals surface area contributed by atoms with Crippen molar-refractivity contribution in [1.82, 2.24) is 4.98 Å². The maximum absolute atomic E-state index is 5.83.